The number of rotatable bonds is 4. The molecule has 0 amide bonds. The molecule has 0 unspecified atom stereocenters. The largest absolute Gasteiger partial charge is 0.389 e. The second-order valence-corrected chi connectivity index (χ2v) is 6.57. The molecule has 2 N–H and O–H groups in total. The number of hydrogen-bond acceptors (Lipinski definition) is 3. The van der Waals surface area contributed by atoms with E-state index in [9.17, 15) is 5.11 Å². The van der Waals surface area contributed by atoms with Crippen LogP contribution in [0.5, 0.6) is 0 Å². The van der Waals surface area contributed by atoms with Crippen LogP contribution in [0.15, 0.2) is 36.7 Å². The van der Waals surface area contributed by atoms with Crippen LogP contribution in [0.2, 0.25) is 0 Å². The number of benzene rings is 1. The van der Waals surface area contributed by atoms with Gasteiger partial charge in [-0.3, -0.25) is 4.98 Å². The molecular formula is C18H24N2O. The molecule has 1 heterocycles. The lowest BCUT2D eigenvalue weighted by Crippen LogP contribution is -2.43. The summed E-state index contributed by atoms with van der Waals surface area (Å²) in [5.41, 5.74) is 0.745. The number of aromatic nitrogens is 1. The molecule has 0 bridgehead atoms. The van der Waals surface area contributed by atoms with Crippen molar-refractivity contribution in [1.82, 2.24) is 10.3 Å². The van der Waals surface area contributed by atoms with Crippen molar-refractivity contribution in [3.05, 3.63) is 42.2 Å². The van der Waals surface area contributed by atoms with Gasteiger partial charge in [0, 0.05) is 30.9 Å². The summed E-state index contributed by atoms with van der Waals surface area (Å²) in [6.07, 6.45) is 7.83. The third kappa shape index (κ3) is 3.60. The minimum atomic E-state index is -0.507. The molecule has 1 saturated carbocycles. The van der Waals surface area contributed by atoms with Gasteiger partial charge in [-0.2, -0.15) is 0 Å². The summed E-state index contributed by atoms with van der Waals surface area (Å²) >= 11 is 0. The summed E-state index contributed by atoms with van der Waals surface area (Å²) in [5.74, 6) is 0.763. The van der Waals surface area contributed by atoms with Gasteiger partial charge in [0.15, 0.2) is 0 Å². The standard InChI is InChI=1S/C18H24N2O/c1-14-4-7-18(21,8-5-14)13-20-11-15-2-3-17-12-19-9-6-16(17)10-15/h2-3,6,9-10,12,14,20-21H,4-5,7-8,11,13H2,1H3. The molecule has 0 radical (unpaired) electrons. The van der Waals surface area contributed by atoms with E-state index in [1.165, 1.54) is 16.3 Å². The van der Waals surface area contributed by atoms with E-state index >= 15 is 0 Å². The molecule has 2 aromatic rings. The molecule has 3 nitrogen and oxygen atoms in total. The van der Waals surface area contributed by atoms with Crippen LogP contribution < -0.4 is 5.32 Å². The lowest BCUT2D eigenvalue weighted by molar-refractivity contribution is -0.00629. The van der Waals surface area contributed by atoms with Crippen molar-refractivity contribution in [2.75, 3.05) is 6.54 Å². The summed E-state index contributed by atoms with van der Waals surface area (Å²) in [4.78, 5) is 4.13. The monoisotopic (exact) mass is 284 g/mol. The number of fused-ring (bicyclic) bond motifs is 1. The first-order valence-electron chi connectivity index (χ1n) is 7.90. The molecule has 0 saturated heterocycles. The maximum absolute atomic E-state index is 10.6. The van der Waals surface area contributed by atoms with E-state index in [0.29, 0.717) is 6.54 Å². The van der Waals surface area contributed by atoms with Crippen molar-refractivity contribution >= 4 is 10.8 Å². The molecule has 1 aliphatic carbocycles. The molecule has 1 fully saturated rings. The van der Waals surface area contributed by atoms with E-state index in [-0.39, 0.29) is 0 Å². The molecule has 3 heteroatoms. The molecule has 1 aromatic carbocycles. The van der Waals surface area contributed by atoms with Gasteiger partial charge in [-0.05, 0) is 54.7 Å². The maximum atomic E-state index is 10.6. The smallest absolute Gasteiger partial charge is 0.0771 e. The predicted molar refractivity (Wildman–Crippen MR) is 86.0 cm³/mol. The first-order valence-corrected chi connectivity index (χ1v) is 7.90. The van der Waals surface area contributed by atoms with E-state index in [2.05, 4.69) is 35.4 Å². The lowest BCUT2D eigenvalue weighted by atomic mass is 9.79. The summed E-state index contributed by atoms with van der Waals surface area (Å²) in [5, 5.41) is 16.4. The van der Waals surface area contributed by atoms with Gasteiger partial charge in [0.1, 0.15) is 0 Å². The lowest BCUT2D eigenvalue weighted by Gasteiger charge is -2.35. The Morgan fingerprint density at radius 1 is 1.24 bits per heavy atom. The van der Waals surface area contributed by atoms with Gasteiger partial charge in [0.05, 0.1) is 5.60 Å². The van der Waals surface area contributed by atoms with Crippen LogP contribution >= 0.6 is 0 Å². The van der Waals surface area contributed by atoms with Crippen molar-refractivity contribution in [2.24, 2.45) is 5.92 Å². The molecule has 112 valence electrons. The fraction of sp³-hybridized carbons (Fsp3) is 0.500. The first kappa shape index (κ1) is 14.5. The minimum Gasteiger partial charge on any atom is -0.389 e. The molecule has 21 heavy (non-hydrogen) atoms. The summed E-state index contributed by atoms with van der Waals surface area (Å²) in [6, 6.07) is 8.46. The Balaban J connectivity index is 1.56. The topological polar surface area (TPSA) is 45.1 Å². The number of pyridine rings is 1. The van der Waals surface area contributed by atoms with Gasteiger partial charge in [0.25, 0.3) is 0 Å². The second kappa shape index (κ2) is 6.12. The molecule has 0 atom stereocenters. The molecular weight excluding hydrogens is 260 g/mol. The van der Waals surface area contributed by atoms with Crippen LogP contribution in [0.1, 0.15) is 38.2 Å². The summed E-state index contributed by atoms with van der Waals surface area (Å²) in [6.45, 7) is 3.77. The molecule has 3 rings (SSSR count). The van der Waals surface area contributed by atoms with Gasteiger partial charge in [-0.1, -0.05) is 19.1 Å². The second-order valence-electron chi connectivity index (χ2n) is 6.57. The quantitative estimate of drug-likeness (QED) is 0.905. The molecule has 1 aromatic heterocycles. The van der Waals surface area contributed by atoms with Crippen LogP contribution in [-0.2, 0) is 6.54 Å². The number of hydrogen-bond donors (Lipinski definition) is 2. The molecule has 1 aliphatic rings. The van der Waals surface area contributed by atoms with E-state index in [0.717, 1.165) is 38.1 Å². The normalized spacial score (nSPS) is 26.1. The van der Waals surface area contributed by atoms with Crippen molar-refractivity contribution in [3.63, 3.8) is 0 Å². The van der Waals surface area contributed by atoms with Crippen molar-refractivity contribution < 1.29 is 5.11 Å². The Bertz CT molecular complexity index is 603. The van der Waals surface area contributed by atoms with Crippen LogP contribution in [0, 0.1) is 5.92 Å². The molecule has 0 aliphatic heterocycles. The van der Waals surface area contributed by atoms with Gasteiger partial charge >= 0.3 is 0 Å². The predicted octanol–water partition coefficient (Wildman–Crippen LogP) is 3.27. The maximum Gasteiger partial charge on any atom is 0.0771 e. The van der Waals surface area contributed by atoms with Crippen LogP contribution in [0.25, 0.3) is 10.8 Å². The first-order chi connectivity index (χ1) is 10.1. The Labute approximate surface area is 126 Å². The average Bonchev–Trinajstić information content (AvgIpc) is 2.50. The summed E-state index contributed by atoms with van der Waals surface area (Å²) in [7, 11) is 0. The Hall–Kier alpha value is -1.45. The van der Waals surface area contributed by atoms with E-state index in [4.69, 9.17) is 0 Å². The highest BCUT2D eigenvalue weighted by Gasteiger charge is 2.31. The fourth-order valence-electron chi connectivity index (χ4n) is 3.16. The highest BCUT2D eigenvalue weighted by molar-refractivity contribution is 5.81. The SMILES string of the molecule is CC1CCC(O)(CNCc2ccc3cnccc3c2)CC1. The minimum absolute atomic E-state index is 0.507. The van der Waals surface area contributed by atoms with Crippen LogP contribution in [0.3, 0.4) is 0 Å². The third-order valence-corrected chi connectivity index (χ3v) is 4.69. The zero-order valence-electron chi connectivity index (χ0n) is 12.7. The van der Waals surface area contributed by atoms with E-state index in [1.807, 2.05) is 18.5 Å². The zero-order valence-corrected chi connectivity index (χ0v) is 12.7. The zero-order chi connectivity index (χ0) is 14.7. The van der Waals surface area contributed by atoms with E-state index < -0.39 is 5.60 Å². The highest BCUT2D eigenvalue weighted by Crippen LogP contribution is 2.31. The van der Waals surface area contributed by atoms with Crippen molar-refractivity contribution in [3.8, 4) is 0 Å². The molecule has 0 spiro atoms. The van der Waals surface area contributed by atoms with Gasteiger partial charge in [-0.25, -0.2) is 0 Å². The van der Waals surface area contributed by atoms with Crippen molar-refractivity contribution in [2.45, 2.75) is 44.8 Å². The van der Waals surface area contributed by atoms with Crippen molar-refractivity contribution in [1.29, 1.82) is 0 Å². The van der Waals surface area contributed by atoms with Gasteiger partial charge < -0.3 is 10.4 Å². The van der Waals surface area contributed by atoms with Crippen LogP contribution in [-0.4, -0.2) is 22.2 Å². The number of nitrogens with one attached hydrogen (secondary N) is 1. The van der Waals surface area contributed by atoms with E-state index in [1.54, 1.807) is 0 Å². The highest BCUT2D eigenvalue weighted by atomic mass is 16.3. The average molecular weight is 284 g/mol. The Kier molecular flexibility index (Phi) is 4.22. The Morgan fingerprint density at radius 3 is 2.86 bits per heavy atom. The summed E-state index contributed by atoms with van der Waals surface area (Å²) < 4.78 is 0. The Morgan fingerprint density at radius 2 is 2.05 bits per heavy atom. The number of nitrogens with zero attached hydrogens (tertiary/aromatic N) is 1. The fourth-order valence-corrected chi connectivity index (χ4v) is 3.16. The van der Waals surface area contributed by atoms with Gasteiger partial charge in [-0.15, -0.1) is 0 Å². The van der Waals surface area contributed by atoms with Gasteiger partial charge in [0.2, 0.25) is 0 Å². The third-order valence-electron chi connectivity index (χ3n) is 4.69. The number of aliphatic hydroxyl groups is 1. The van der Waals surface area contributed by atoms with Crippen LogP contribution in [0.4, 0.5) is 0 Å².